The van der Waals surface area contributed by atoms with Crippen molar-refractivity contribution in [2.45, 2.75) is 25.6 Å². The van der Waals surface area contributed by atoms with Gasteiger partial charge in [-0.1, -0.05) is 6.08 Å². The first-order valence-corrected chi connectivity index (χ1v) is 3.22. The van der Waals surface area contributed by atoms with E-state index in [0.717, 1.165) is 0 Å². The lowest BCUT2D eigenvalue weighted by Crippen LogP contribution is -2.17. The summed E-state index contributed by atoms with van der Waals surface area (Å²) < 4.78 is 9.50. The Morgan fingerprint density at radius 3 is 2.80 bits per heavy atom. The van der Waals surface area contributed by atoms with E-state index in [-0.39, 0.29) is 12.2 Å². The molecule has 0 aromatic carbocycles. The molecule has 0 aromatic rings. The molecule has 1 rings (SSSR count). The molecule has 56 valence electrons. The molecule has 0 aromatic heterocycles. The third-order valence-corrected chi connectivity index (χ3v) is 1.45. The predicted molar refractivity (Wildman–Crippen MR) is 35.6 cm³/mol. The summed E-state index contributed by atoms with van der Waals surface area (Å²) >= 11 is 0. The third-order valence-electron chi connectivity index (χ3n) is 1.45. The van der Waals surface area contributed by atoms with Gasteiger partial charge in [0.2, 0.25) is 0 Å². The van der Waals surface area contributed by atoms with E-state index in [1.165, 1.54) is 0 Å². The molecule has 0 spiro atoms. The van der Waals surface area contributed by atoms with E-state index in [4.69, 9.17) is 9.47 Å². The molecule has 0 saturated carbocycles. The molecule has 3 heteroatoms. The number of ether oxygens (including phenoxy) is 2. The van der Waals surface area contributed by atoms with Gasteiger partial charge in [-0.3, -0.25) is 0 Å². The van der Waals surface area contributed by atoms with Crippen LogP contribution in [0.3, 0.4) is 0 Å². The van der Waals surface area contributed by atoms with Gasteiger partial charge in [0.15, 0.2) is 0 Å². The highest BCUT2D eigenvalue weighted by molar-refractivity contribution is 5.62. The summed E-state index contributed by atoms with van der Waals surface area (Å²) in [5, 5.41) is 0. The van der Waals surface area contributed by atoms with Crippen molar-refractivity contribution in [2.24, 2.45) is 0 Å². The molecular formula is C7H10O3. The van der Waals surface area contributed by atoms with Gasteiger partial charge in [-0.05, 0) is 6.92 Å². The second-order valence-electron chi connectivity index (χ2n) is 2.25. The Kier molecular flexibility index (Phi) is 1.94. The van der Waals surface area contributed by atoms with Crippen molar-refractivity contribution in [1.82, 2.24) is 0 Å². The van der Waals surface area contributed by atoms with Gasteiger partial charge in [0.1, 0.15) is 12.2 Å². The van der Waals surface area contributed by atoms with Crippen LogP contribution in [-0.2, 0) is 9.47 Å². The van der Waals surface area contributed by atoms with E-state index >= 15 is 0 Å². The molecular weight excluding hydrogens is 132 g/mol. The number of carbonyl (C=O) groups excluding carboxylic acids is 1. The summed E-state index contributed by atoms with van der Waals surface area (Å²) in [6, 6.07) is 0. The molecule has 1 heterocycles. The van der Waals surface area contributed by atoms with Crippen LogP contribution in [0, 0.1) is 0 Å². The molecule has 0 radical (unpaired) electrons. The van der Waals surface area contributed by atoms with Gasteiger partial charge in [-0.15, -0.1) is 6.58 Å². The Labute approximate surface area is 59.6 Å². The minimum Gasteiger partial charge on any atom is -0.427 e. The van der Waals surface area contributed by atoms with Crippen molar-refractivity contribution in [1.29, 1.82) is 0 Å². The minimum atomic E-state index is -0.570. The van der Waals surface area contributed by atoms with Gasteiger partial charge < -0.3 is 9.47 Å². The van der Waals surface area contributed by atoms with Gasteiger partial charge in [-0.2, -0.15) is 0 Å². The third kappa shape index (κ3) is 1.29. The van der Waals surface area contributed by atoms with Crippen LogP contribution in [0.25, 0.3) is 0 Å². The normalized spacial score (nSPS) is 31.1. The quantitative estimate of drug-likeness (QED) is 0.432. The molecule has 2 unspecified atom stereocenters. The SMILES string of the molecule is C=CCC1OC(=O)OC1C. The van der Waals surface area contributed by atoms with E-state index in [0.29, 0.717) is 6.42 Å². The summed E-state index contributed by atoms with van der Waals surface area (Å²) in [4.78, 5) is 10.5. The summed E-state index contributed by atoms with van der Waals surface area (Å²) in [7, 11) is 0. The Hall–Kier alpha value is -0.990. The molecule has 1 aliphatic heterocycles. The average Bonchev–Trinajstić information content (AvgIpc) is 2.13. The lowest BCUT2D eigenvalue weighted by atomic mass is 10.2. The van der Waals surface area contributed by atoms with E-state index < -0.39 is 6.16 Å². The summed E-state index contributed by atoms with van der Waals surface area (Å²) in [6.45, 7) is 5.34. The van der Waals surface area contributed by atoms with Crippen LogP contribution >= 0.6 is 0 Å². The van der Waals surface area contributed by atoms with Crippen molar-refractivity contribution in [3.63, 3.8) is 0 Å². The molecule has 1 saturated heterocycles. The zero-order valence-electron chi connectivity index (χ0n) is 5.87. The first kappa shape index (κ1) is 7.12. The highest BCUT2D eigenvalue weighted by Crippen LogP contribution is 2.17. The van der Waals surface area contributed by atoms with Gasteiger partial charge in [0.05, 0.1) is 0 Å². The molecule has 1 aliphatic rings. The van der Waals surface area contributed by atoms with Gasteiger partial charge in [0.25, 0.3) is 0 Å². The summed E-state index contributed by atoms with van der Waals surface area (Å²) in [6.07, 6.45) is 1.53. The fraction of sp³-hybridized carbons (Fsp3) is 0.571. The molecule has 10 heavy (non-hydrogen) atoms. The lowest BCUT2D eigenvalue weighted by Gasteiger charge is -2.06. The number of cyclic esters (lactones) is 2. The van der Waals surface area contributed by atoms with Crippen molar-refractivity contribution in [3.05, 3.63) is 12.7 Å². The van der Waals surface area contributed by atoms with E-state index in [9.17, 15) is 4.79 Å². The van der Waals surface area contributed by atoms with Crippen molar-refractivity contribution in [3.8, 4) is 0 Å². The second kappa shape index (κ2) is 2.73. The molecule has 0 bridgehead atoms. The van der Waals surface area contributed by atoms with Gasteiger partial charge in [-0.25, -0.2) is 4.79 Å². The van der Waals surface area contributed by atoms with E-state index in [1.807, 2.05) is 0 Å². The fourth-order valence-corrected chi connectivity index (χ4v) is 0.879. The summed E-state index contributed by atoms with van der Waals surface area (Å²) in [5.41, 5.74) is 0. The maximum atomic E-state index is 10.5. The number of rotatable bonds is 2. The monoisotopic (exact) mass is 142 g/mol. The lowest BCUT2D eigenvalue weighted by molar-refractivity contribution is 0.117. The Morgan fingerprint density at radius 1 is 1.70 bits per heavy atom. The molecule has 0 amide bonds. The van der Waals surface area contributed by atoms with E-state index in [2.05, 4.69) is 6.58 Å². The van der Waals surface area contributed by atoms with Crippen LogP contribution in [0.5, 0.6) is 0 Å². The second-order valence-corrected chi connectivity index (χ2v) is 2.25. The van der Waals surface area contributed by atoms with Crippen LogP contribution in [0.15, 0.2) is 12.7 Å². The largest absolute Gasteiger partial charge is 0.509 e. The van der Waals surface area contributed by atoms with Crippen molar-refractivity contribution >= 4 is 6.16 Å². The fourth-order valence-electron chi connectivity index (χ4n) is 0.879. The Morgan fingerprint density at radius 2 is 2.40 bits per heavy atom. The first-order chi connectivity index (χ1) is 4.74. The van der Waals surface area contributed by atoms with Crippen molar-refractivity contribution in [2.75, 3.05) is 0 Å². The molecule has 3 nitrogen and oxygen atoms in total. The molecule has 0 N–H and O–H groups in total. The zero-order chi connectivity index (χ0) is 7.56. The van der Waals surface area contributed by atoms with Crippen molar-refractivity contribution < 1.29 is 14.3 Å². The predicted octanol–water partition coefficient (Wildman–Crippen LogP) is 1.49. The van der Waals surface area contributed by atoms with Crippen LogP contribution in [0.2, 0.25) is 0 Å². The first-order valence-electron chi connectivity index (χ1n) is 3.22. The van der Waals surface area contributed by atoms with Gasteiger partial charge in [0, 0.05) is 6.42 Å². The standard InChI is InChI=1S/C7H10O3/c1-3-4-6-5(2)9-7(8)10-6/h3,5-6H,1,4H2,2H3. The van der Waals surface area contributed by atoms with Crippen LogP contribution in [-0.4, -0.2) is 18.4 Å². The topological polar surface area (TPSA) is 35.5 Å². The Balaban J connectivity index is 2.45. The number of hydrogen-bond acceptors (Lipinski definition) is 3. The van der Waals surface area contributed by atoms with E-state index in [1.54, 1.807) is 13.0 Å². The Bertz CT molecular complexity index is 153. The molecule has 2 atom stereocenters. The maximum absolute atomic E-state index is 10.5. The van der Waals surface area contributed by atoms with Crippen LogP contribution in [0.4, 0.5) is 4.79 Å². The van der Waals surface area contributed by atoms with Crippen LogP contribution < -0.4 is 0 Å². The summed E-state index contributed by atoms with van der Waals surface area (Å²) in [5.74, 6) is 0. The number of carbonyl (C=O) groups is 1. The average molecular weight is 142 g/mol. The highest BCUT2D eigenvalue weighted by atomic mass is 16.8. The molecule has 0 aliphatic carbocycles. The maximum Gasteiger partial charge on any atom is 0.509 e. The highest BCUT2D eigenvalue weighted by Gasteiger charge is 2.31. The minimum absolute atomic E-state index is 0.134. The van der Waals surface area contributed by atoms with Gasteiger partial charge >= 0.3 is 6.16 Å². The molecule has 1 fully saturated rings. The smallest absolute Gasteiger partial charge is 0.427 e. The van der Waals surface area contributed by atoms with Crippen LogP contribution in [0.1, 0.15) is 13.3 Å². The zero-order valence-corrected chi connectivity index (χ0v) is 5.87. The number of hydrogen-bond donors (Lipinski definition) is 0.